The average molecular weight is 363 g/mol. The minimum atomic E-state index is -0.275. The number of hydrogen-bond donors (Lipinski definition) is 2. The van der Waals surface area contributed by atoms with E-state index in [4.69, 9.17) is 0 Å². The number of aromatic nitrogens is 1. The number of rotatable bonds is 5. The van der Waals surface area contributed by atoms with Crippen molar-refractivity contribution in [1.82, 2.24) is 4.98 Å². The van der Waals surface area contributed by atoms with E-state index in [1.54, 1.807) is 54.4 Å². The molecule has 1 aromatic heterocycles. The molecule has 3 aromatic rings. The van der Waals surface area contributed by atoms with E-state index in [9.17, 15) is 9.59 Å². The van der Waals surface area contributed by atoms with Crippen LogP contribution in [-0.2, 0) is 0 Å². The summed E-state index contributed by atoms with van der Waals surface area (Å²) in [6, 6.07) is 17.8. The third-order valence-electron chi connectivity index (χ3n) is 3.65. The van der Waals surface area contributed by atoms with Gasteiger partial charge in [0.2, 0.25) is 0 Å². The number of nitrogens with zero attached hydrogens (tertiary/aromatic N) is 1. The molecule has 3 rings (SSSR count). The molecule has 6 heteroatoms. The van der Waals surface area contributed by atoms with Gasteiger partial charge in [-0.25, -0.2) is 0 Å². The Kier molecular flexibility index (Phi) is 5.66. The zero-order valence-corrected chi connectivity index (χ0v) is 14.9. The van der Waals surface area contributed by atoms with Gasteiger partial charge >= 0.3 is 0 Å². The highest BCUT2D eigenvalue weighted by Crippen LogP contribution is 2.19. The van der Waals surface area contributed by atoms with Crippen LogP contribution in [0.15, 0.2) is 78.0 Å². The topological polar surface area (TPSA) is 71.1 Å². The summed E-state index contributed by atoms with van der Waals surface area (Å²) in [4.78, 5) is 29.7. The van der Waals surface area contributed by atoms with Crippen LogP contribution in [0.4, 0.5) is 11.4 Å². The van der Waals surface area contributed by atoms with Gasteiger partial charge in [-0.2, -0.15) is 0 Å². The standard InChI is InChI=1S/C20H17N3O2S/c1-26-18-9-7-16(8-10-18)22-19(24)14-4-2-6-17(12-14)23-20(25)15-5-3-11-21-13-15/h2-13H,1H3,(H,22,24)(H,23,25). The third kappa shape index (κ3) is 4.49. The Hall–Kier alpha value is -3.12. The average Bonchev–Trinajstić information content (AvgIpc) is 2.69. The van der Waals surface area contributed by atoms with Gasteiger partial charge in [0.05, 0.1) is 5.56 Å². The second-order valence-electron chi connectivity index (χ2n) is 5.46. The van der Waals surface area contributed by atoms with Crippen LogP contribution in [0.25, 0.3) is 0 Å². The highest BCUT2D eigenvalue weighted by atomic mass is 32.2. The fourth-order valence-corrected chi connectivity index (χ4v) is 2.72. The number of thioether (sulfide) groups is 1. The monoisotopic (exact) mass is 363 g/mol. The van der Waals surface area contributed by atoms with Gasteiger partial charge in [-0.15, -0.1) is 11.8 Å². The smallest absolute Gasteiger partial charge is 0.257 e. The van der Waals surface area contributed by atoms with Crippen LogP contribution >= 0.6 is 11.8 Å². The van der Waals surface area contributed by atoms with Gasteiger partial charge in [0.25, 0.3) is 11.8 Å². The van der Waals surface area contributed by atoms with Crippen molar-refractivity contribution in [3.63, 3.8) is 0 Å². The van der Waals surface area contributed by atoms with Crippen LogP contribution in [0.5, 0.6) is 0 Å². The Morgan fingerprint density at radius 2 is 1.54 bits per heavy atom. The van der Waals surface area contributed by atoms with Crippen LogP contribution in [0.1, 0.15) is 20.7 Å². The highest BCUT2D eigenvalue weighted by molar-refractivity contribution is 7.98. The Morgan fingerprint density at radius 3 is 2.23 bits per heavy atom. The number of benzene rings is 2. The van der Waals surface area contributed by atoms with Crippen LogP contribution in [-0.4, -0.2) is 23.1 Å². The molecule has 0 aliphatic rings. The largest absolute Gasteiger partial charge is 0.322 e. The number of nitrogens with one attached hydrogen (secondary N) is 2. The molecular weight excluding hydrogens is 346 g/mol. The zero-order valence-electron chi connectivity index (χ0n) is 14.1. The molecule has 0 spiro atoms. The molecule has 0 aliphatic heterocycles. The minimum absolute atomic E-state index is 0.237. The fraction of sp³-hybridized carbons (Fsp3) is 0.0500. The van der Waals surface area contributed by atoms with E-state index in [1.807, 2.05) is 30.5 Å². The van der Waals surface area contributed by atoms with E-state index in [-0.39, 0.29) is 11.8 Å². The molecule has 0 radical (unpaired) electrons. The van der Waals surface area contributed by atoms with E-state index >= 15 is 0 Å². The van der Waals surface area contributed by atoms with E-state index < -0.39 is 0 Å². The quantitative estimate of drug-likeness (QED) is 0.663. The number of carbonyl (C=O) groups is 2. The molecular formula is C20H17N3O2S. The highest BCUT2D eigenvalue weighted by Gasteiger charge is 2.10. The molecule has 0 bridgehead atoms. The SMILES string of the molecule is CSc1ccc(NC(=O)c2cccc(NC(=O)c3cccnc3)c2)cc1. The van der Waals surface area contributed by atoms with E-state index in [0.29, 0.717) is 16.8 Å². The van der Waals surface area contributed by atoms with E-state index in [1.165, 1.54) is 6.20 Å². The Balaban J connectivity index is 1.69. The molecule has 2 N–H and O–H groups in total. The molecule has 1 heterocycles. The van der Waals surface area contributed by atoms with Crippen molar-refractivity contribution in [3.05, 3.63) is 84.2 Å². The lowest BCUT2D eigenvalue weighted by atomic mass is 10.1. The van der Waals surface area contributed by atoms with Crippen molar-refractivity contribution in [2.24, 2.45) is 0 Å². The molecule has 26 heavy (non-hydrogen) atoms. The summed E-state index contributed by atoms with van der Waals surface area (Å²) in [5, 5.41) is 5.62. The number of pyridine rings is 1. The summed E-state index contributed by atoms with van der Waals surface area (Å²) in [5.74, 6) is -0.511. The molecule has 0 unspecified atom stereocenters. The zero-order chi connectivity index (χ0) is 18.4. The molecule has 0 atom stereocenters. The van der Waals surface area contributed by atoms with Crippen molar-refractivity contribution in [3.8, 4) is 0 Å². The first-order valence-corrected chi connectivity index (χ1v) is 9.15. The number of amides is 2. The van der Waals surface area contributed by atoms with Gasteiger partial charge in [-0.3, -0.25) is 14.6 Å². The van der Waals surface area contributed by atoms with Gasteiger partial charge in [0.15, 0.2) is 0 Å². The lowest BCUT2D eigenvalue weighted by molar-refractivity contribution is 0.101. The first-order valence-electron chi connectivity index (χ1n) is 7.92. The Bertz CT molecular complexity index is 912. The number of carbonyl (C=O) groups excluding carboxylic acids is 2. The molecule has 0 fully saturated rings. The van der Waals surface area contributed by atoms with Gasteiger partial charge < -0.3 is 10.6 Å². The third-order valence-corrected chi connectivity index (χ3v) is 4.40. The normalized spacial score (nSPS) is 10.2. The lowest BCUT2D eigenvalue weighted by Gasteiger charge is -2.09. The summed E-state index contributed by atoms with van der Waals surface area (Å²) in [7, 11) is 0. The Labute approximate surface area is 155 Å². The first-order chi connectivity index (χ1) is 12.7. The van der Waals surface area contributed by atoms with E-state index in [2.05, 4.69) is 15.6 Å². The predicted molar refractivity (Wildman–Crippen MR) is 105 cm³/mol. The maximum Gasteiger partial charge on any atom is 0.257 e. The molecule has 0 saturated heterocycles. The summed E-state index contributed by atoms with van der Waals surface area (Å²) in [6.07, 6.45) is 5.09. The lowest BCUT2D eigenvalue weighted by Crippen LogP contribution is -2.14. The van der Waals surface area contributed by atoms with Crippen molar-refractivity contribution < 1.29 is 9.59 Å². The summed E-state index contributed by atoms with van der Waals surface area (Å²) < 4.78 is 0. The fourth-order valence-electron chi connectivity index (χ4n) is 2.32. The Morgan fingerprint density at radius 1 is 0.846 bits per heavy atom. The molecule has 5 nitrogen and oxygen atoms in total. The van der Waals surface area contributed by atoms with Crippen molar-refractivity contribution in [2.75, 3.05) is 16.9 Å². The molecule has 0 saturated carbocycles. The van der Waals surface area contributed by atoms with Crippen molar-refractivity contribution in [2.45, 2.75) is 4.90 Å². The first kappa shape index (κ1) is 17.7. The van der Waals surface area contributed by atoms with Gasteiger partial charge in [0.1, 0.15) is 0 Å². The molecule has 0 aliphatic carbocycles. The summed E-state index contributed by atoms with van der Waals surface area (Å²) in [5.41, 5.74) is 2.18. The van der Waals surface area contributed by atoms with Crippen molar-refractivity contribution in [1.29, 1.82) is 0 Å². The van der Waals surface area contributed by atoms with Gasteiger partial charge in [0, 0.05) is 34.2 Å². The van der Waals surface area contributed by atoms with Gasteiger partial charge in [-0.1, -0.05) is 6.07 Å². The second kappa shape index (κ2) is 8.31. The summed E-state index contributed by atoms with van der Waals surface area (Å²) in [6.45, 7) is 0. The maximum atomic E-state index is 12.4. The predicted octanol–water partition coefficient (Wildman–Crippen LogP) is 4.31. The summed E-state index contributed by atoms with van der Waals surface area (Å²) >= 11 is 1.64. The van der Waals surface area contributed by atoms with Crippen molar-refractivity contribution >= 4 is 35.0 Å². The van der Waals surface area contributed by atoms with Crippen LogP contribution in [0.3, 0.4) is 0 Å². The van der Waals surface area contributed by atoms with Crippen LogP contribution in [0.2, 0.25) is 0 Å². The molecule has 130 valence electrons. The maximum absolute atomic E-state index is 12.4. The van der Waals surface area contributed by atoms with Crippen LogP contribution in [0, 0.1) is 0 Å². The minimum Gasteiger partial charge on any atom is -0.322 e. The number of anilines is 2. The second-order valence-corrected chi connectivity index (χ2v) is 6.34. The van der Waals surface area contributed by atoms with Gasteiger partial charge in [-0.05, 0) is 60.9 Å². The number of hydrogen-bond acceptors (Lipinski definition) is 4. The van der Waals surface area contributed by atoms with Crippen LogP contribution < -0.4 is 10.6 Å². The molecule has 2 amide bonds. The van der Waals surface area contributed by atoms with E-state index in [0.717, 1.165) is 10.6 Å². The molecule has 2 aromatic carbocycles.